The van der Waals surface area contributed by atoms with E-state index in [0.29, 0.717) is 46.5 Å². The molecule has 27 heavy (non-hydrogen) atoms. The van der Waals surface area contributed by atoms with Gasteiger partial charge in [-0.15, -0.1) is 0 Å². The molecule has 2 heterocycles. The SMILES string of the molecule is O=C(O)/C=C/c1cnc(N[C@]2(C(=O)c3ccc(Cl)cc3)CCNC2)c(Cl)c1. The Labute approximate surface area is 166 Å². The number of carboxylic acids is 1. The molecule has 6 nitrogen and oxygen atoms in total. The van der Waals surface area contributed by atoms with Crippen molar-refractivity contribution in [1.82, 2.24) is 10.3 Å². The van der Waals surface area contributed by atoms with Gasteiger partial charge in [-0.2, -0.15) is 0 Å². The maximum Gasteiger partial charge on any atom is 0.328 e. The van der Waals surface area contributed by atoms with Crippen LogP contribution in [-0.2, 0) is 4.79 Å². The van der Waals surface area contributed by atoms with E-state index in [4.69, 9.17) is 28.3 Å². The Bertz CT molecular complexity index is 892. The molecule has 0 amide bonds. The second-order valence-corrected chi connectivity index (χ2v) is 7.08. The van der Waals surface area contributed by atoms with Gasteiger partial charge in [-0.25, -0.2) is 9.78 Å². The summed E-state index contributed by atoms with van der Waals surface area (Å²) >= 11 is 12.2. The van der Waals surface area contributed by atoms with Gasteiger partial charge in [-0.05, 0) is 54.9 Å². The molecule has 0 aliphatic carbocycles. The van der Waals surface area contributed by atoms with Crippen molar-refractivity contribution in [3.05, 3.63) is 63.8 Å². The van der Waals surface area contributed by atoms with Crippen LogP contribution in [0.25, 0.3) is 6.08 Å². The van der Waals surface area contributed by atoms with Crippen LogP contribution in [0.5, 0.6) is 0 Å². The van der Waals surface area contributed by atoms with Gasteiger partial charge < -0.3 is 15.7 Å². The van der Waals surface area contributed by atoms with Gasteiger partial charge in [0.2, 0.25) is 0 Å². The molecular formula is C19H17Cl2N3O3. The maximum atomic E-state index is 13.1. The molecule has 1 saturated heterocycles. The number of nitrogens with zero attached hydrogens (tertiary/aromatic N) is 1. The lowest BCUT2D eigenvalue weighted by molar-refractivity contribution is -0.131. The highest BCUT2D eigenvalue weighted by molar-refractivity contribution is 6.33. The van der Waals surface area contributed by atoms with Crippen LogP contribution in [-0.4, -0.2) is 40.5 Å². The minimum atomic E-state index is -1.06. The molecule has 3 rings (SSSR count). The molecule has 0 radical (unpaired) electrons. The number of carbonyl (C=O) groups is 2. The topological polar surface area (TPSA) is 91.3 Å². The number of nitrogens with one attached hydrogen (secondary N) is 2. The Hall–Kier alpha value is -2.41. The molecule has 1 aromatic heterocycles. The number of ketones is 1. The molecule has 3 N–H and O–H groups in total. The van der Waals surface area contributed by atoms with Gasteiger partial charge in [-0.1, -0.05) is 23.2 Å². The number of carboxylic acid groups (broad SMARTS) is 1. The van der Waals surface area contributed by atoms with Gasteiger partial charge in [0.05, 0.1) is 5.02 Å². The van der Waals surface area contributed by atoms with Crippen molar-refractivity contribution in [2.75, 3.05) is 18.4 Å². The van der Waals surface area contributed by atoms with Crippen molar-refractivity contribution in [2.24, 2.45) is 0 Å². The van der Waals surface area contributed by atoms with Crippen molar-refractivity contribution in [3.63, 3.8) is 0 Å². The summed E-state index contributed by atoms with van der Waals surface area (Å²) in [7, 11) is 0. The molecule has 140 valence electrons. The lowest BCUT2D eigenvalue weighted by atomic mass is 9.88. The fourth-order valence-corrected chi connectivity index (χ4v) is 3.30. The number of rotatable bonds is 6. The first kappa shape index (κ1) is 19.4. The maximum absolute atomic E-state index is 13.1. The van der Waals surface area contributed by atoms with Crippen LogP contribution in [0.4, 0.5) is 5.82 Å². The van der Waals surface area contributed by atoms with Crippen molar-refractivity contribution in [3.8, 4) is 0 Å². The fourth-order valence-electron chi connectivity index (χ4n) is 2.96. The Morgan fingerprint density at radius 3 is 2.59 bits per heavy atom. The highest BCUT2D eigenvalue weighted by atomic mass is 35.5. The van der Waals surface area contributed by atoms with E-state index in [1.54, 1.807) is 30.3 Å². The van der Waals surface area contributed by atoms with Crippen LogP contribution in [0, 0.1) is 0 Å². The average molecular weight is 406 g/mol. The highest BCUT2D eigenvalue weighted by Gasteiger charge is 2.42. The fraction of sp³-hybridized carbons (Fsp3) is 0.211. The van der Waals surface area contributed by atoms with Crippen LogP contribution in [0.15, 0.2) is 42.6 Å². The molecule has 2 aromatic rings. The summed E-state index contributed by atoms with van der Waals surface area (Å²) in [6.45, 7) is 1.12. The Kier molecular flexibility index (Phi) is 5.79. The van der Waals surface area contributed by atoms with Gasteiger partial charge in [0.1, 0.15) is 11.4 Å². The molecular weight excluding hydrogens is 389 g/mol. The van der Waals surface area contributed by atoms with Crippen molar-refractivity contribution in [1.29, 1.82) is 0 Å². The van der Waals surface area contributed by atoms with Gasteiger partial charge >= 0.3 is 5.97 Å². The van der Waals surface area contributed by atoms with E-state index in [2.05, 4.69) is 15.6 Å². The number of halogens is 2. The third-order valence-electron chi connectivity index (χ3n) is 4.33. The number of carbonyl (C=O) groups excluding carboxylic acids is 1. The van der Waals surface area contributed by atoms with E-state index < -0.39 is 11.5 Å². The van der Waals surface area contributed by atoms with Crippen LogP contribution in [0.3, 0.4) is 0 Å². The van der Waals surface area contributed by atoms with Crippen molar-refractivity contribution < 1.29 is 14.7 Å². The Morgan fingerprint density at radius 1 is 1.26 bits per heavy atom. The van der Waals surface area contributed by atoms with E-state index in [-0.39, 0.29) is 5.78 Å². The number of hydrogen-bond acceptors (Lipinski definition) is 5. The molecule has 1 aliphatic heterocycles. The first-order valence-corrected chi connectivity index (χ1v) is 9.01. The molecule has 0 spiro atoms. The molecule has 0 unspecified atom stereocenters. The third-order valence-corrected chi connectivity index (χ3v) is 4.87. The first-order valence-electron chi connectivity index (χ1n) is 8.25. The molecule has 0 bridgehead atoms. The zero-order valence-electron chi connectivity index (χ0n) is 14.2. The summed E-state index contributed by atoms with van der Waals surface area (Å²) in [4.78, 5) is 28.0. The monoisotopic (exact) mass is 405 g/mol. The number of benzene rings is 1. The highest BCUT2D eigenvalue weighted by Crippen LogP contribution is 2.30. The first-order chi connectivity index (χ1) is 12.9. The van der Waals surface area contributed by atoms with Crippen LogP contribution in [0.1, 0.15) is 22.3 Å². The molecule has 0 saturated carbocycles. The zero-order chi connectivity index (χ0) is 19.4. The summed E-state index contributed by atoms with van der Waals surface area (Å²) < 4.78 is 0. The van der Waals surface area contributed by atoms with Gasteiger partial charge in [0, 0.05) is 29.4 Å². The number of aromatic nitrogens is 1. The summed E-state index contributed by atoms with van der Waals surface area (Å²) in [5.74, 6) is -0.759. The number of pyridine rings is 1. The summed E-state index contributed by atoms with van der Waals surface area (Å²) in [5.41, 5.74) is 0.228. The minimum Gasteiger partial charge on any atom is -0.478 e. The predicted octanol–water partition coefficient (Wildman–Crippen LogP) is 3.51. The van der Waals surface area contributed by atoms with E-state index in [1.165, 1.54) is 12.3 Å². The van der Waals surface area contributed by atoms with Crippen LogP contribution < -0.4 is 10.6 Å². The standard InChI is InChI=1S/C19H17Cl2N3O3/c20-14-4-2-13(3-5-14)17(27)19(7-8-22-11-19)24-18-15(21)9-12(10-23-18)1-6-16(25)26/h1-6,9-10,22H,7-8,11H2,(H,23,24)(H,25,26)/b6-1+/t19-/m1/s1. The van der Waals surface area contributed by atoms with Gasteiger partial charge in [0.15, 0.2) is 5.78 Å². The van der Waals surface area contributed by atoms with Crippen LogP contribution >= 0.6 is 23.2 Å². The van der Waals surface area contributed by atoms with Crippen molar-refractivity contribution >= 4 is 46.8 Å². The second kappa shape index (κ2) is 8.08. The summed E-state index contributed by atoms with van der Waals surface area (Å²) in [6, 6.07) is 8.35. The Morgan fingerprint density at radius 2 is 2.00 bits per heavy atom. The predicted molar refractivity (Wildman–Crippen MR) is 106 cm³/mol. The van der Waals surface area contributed by atoms with Crippen molar-refractivity contribution in [2.45, 2.75) is 12.0 Å². The van der Waals surface area contributed by atoms with E-state index >= 15 is 0 Å². The largest absolute Gasteiger partial charge is 0.478 e. The molecule has 1 aromatic carbocycles. The van der Waals surface area contributed by atoms with E-state index in [1.807, 2.05) is 0 Å². The quantitative estimate of drug-likeness (QED) is 0.503. The van der Waals surface area contributed by atoms with E-state index in [0.717, 1.165) is 6.08 Å². The van der Waals surface area contributed by atoms with Gasteiger partial charge in [0.25, 0.3) is 0 Å². The van der Waals surface area contributed by atoms with Crippen LogP contribution in [0.2, 0.25) is 10.0 Å². The number of aliphatic carboxylic acids is 1. The zero-order valence-corrected chi connectivity index (χ0v) is 15.7. The normalized spacial score (nSPS) is 19.3. The lowest BCUT2D eigenvalue weighted by Gasteiger charge is -2.29. The Balaban J connectivity index is 1.87. The van der Waals surface area contributed by atoms with Gasteiger partial charge in [-0.3, -0.25) is 4.79 Å². The lowest BCUT2D eigenvalue weighted by Crippen LogP contribution is -2.48. The number of Topliss-reactive ketones (excluding diaryl/α,β-unsaturated/α-hetero) is 1. The second-order valence-electron chi connectivity index (χ2n) is 6.24. The summed E-state index contributed by atoms with van der Waals surface area (Å²) in [5, 5.41) is 16.0. The molecule has 1 atom stereocenters. The number of anilines is 1. The number of hydrogen-bond donors (Lipinski definition) is 3. The average Bonchev–Trinajstić information content (AvgIpc) is 3.12. The summed E-state index contributed by atoms with van der Waals surface area (Å²) in [6.07, 6.45) is 4.48. The molecule has 8 heteroatoms. The molecule has 1 aliphatic rings. The van der Waals surface area contributed by atoms with E-state index in [9.17, 15) is 9.59 Å². The third kappa shape index (κ3) is 4.47. The smallest absolute Gasteiger partial charge is 0.328 e. The minimum absolute atomic E-state index is 0.0723. The molecule has 1 fully saturated rings.